The lowest BCUT2D eigenvalue weighted by Gasteiger charge is -1.98. The Morgan fingerprint density at radius 2 is 2.36 bits per heavy atom. The topological polar surface area (TPSA) is 49.3 Å². The molecule has 0 saturated heterocycles. The molecule has 3 heteroatoms. The van der Waals surface area contributed by atoms with Crippen molar-refractivity contribution in [2.24, 2.45) is 0 Å². The number of carbonyl (C=O) groups is 1. The van der Waals surface area contributed by atoms with Crippen LogP contribution in [0, 0.1) is 0 Å². The minimum Gasteiger partial charge on any atom is -0.392 e. The maximum atomic E-state index is 10.8. The highest BCUT2D eigenvalue weighted by molar-refractivity contribution is 5.87. The summed E-state index contributed by atoms with van der Waals surface area (Å²) in [5, 5.41) is 10.9. The third kappa shape index (κ3) is 6.80. The van der Waals surface area contributed by atoms with E-state index in [0.29, 0.717) is 6.54 Å². The summed E-state index contributed by atoms with van der Waals surface area (Å²) in [5.74, 6) is -0.206. The van der Waals surface area contributed by atoms with Crippen LogP contribution in [0.1, 0.15) is 6.92 Å². The zero-order chi connectivity index (χ0) is 8.69. The van der Waals surface area contributed by atoms with Crippen LogP contribution in [0.5, 0.6) is 0 Å². The minimum absolute atomic E-state index is 0.111. The highest BCUT2D eigenvalue weighted by atomic mass is 16.2. The van der Waals surface area contributed by atoms with Gasteiger partial charge in [0.05, 0.1) is 6.61 Å². The molecular weight excluding hydrogens is 142 g/mol. The van der Waals surface area contributed by atoms with Crippen molar-refractivity contribution >= 4 is 5.91 Å². The molecule has 0 aromatic heterocycles. The molecule has 0 aliphatic heterocycles. The van der Waals surface area contributed by atoms with Crippen LogP contribution < -0.4 is 5.32 Å². The second kappa shape index (κ2) is 5.68. The Morgan fingerprint density at radius 1 is 1.73 bits per heavy atom. The fourth-order valence-electron chi connectivity index (χ4n) is 0.457. The summed E-state index contributed by atoms with van der Waals surface area (Å²) >= 11 is 0. The minimum atomic E-state index is -0.206. The molecule has 0 aromatic rings. The molecule has 0 radical (unpaired) electrons. The van der Waals surface area contributed by atoms with Gasteiger partial charge >= 0.3 is 0 Å². The van der Waals surface area contributed by atoms with Gasteiger partial charge in [0.25, 0.3) is 0 Å². The average Bonchev–Trinajstić information content (AvgIpc) is 1.97. The van der Waals surface area contributed by atoms with Gasteiger partial charge in [-0.15, -0.1) is 0 Å². The molecule has 1 amide bonds. The Kier molecular flexibility index (Phi) is 5.11. The third-order valence-electron chi connectivity index (χ3n) is 0.939. The molecule has 0 aliphatic rings. The molecule has 0 unspecified atom stereocenters. The molecule has 0 aliphatic carbocycles. The first-order valence-corrected chi connectivity index (χ1v) is 3.36. The fraction of sp³-hybridized carbons (Fsp3) is 0.375. The molecule has 62 valence electrons. The predicted molar refractivity (Wildman–Crippen MR) is 44.0 cm³/mol. The molecule has 3 nitrogen and oxygen atoms in total. The van der Waals surface area contributed by atoms with Gasteiger partial charge in [-0.1, -0.05) is 18.2 Å². The molecule has 0 bridgehead atoms. The number of amides is 1. The van der Waals surface area contributed by atoms with Crippen molar-refractivity contribution in [1.82, 2.24) is 5.32 Å². The first kappa shape index (κ1) is 9.91. The predicted octanol–water partition coefficient (Wildman–Crippen LogP) is 0.227. The largest absolute Gasteiger partial charge is 0.392 e. The van der Waals surface area contributed by atoms with Gasteiger partial charge in [-0.25, -0.2) is 0 Å². The number of hydrogen-bond donors (Lipinski definition) is 2. The molecule has 0 saturated carbocycles. The van der Waals surface area contributed by atoms with Gasteiger partial charge < -0.3 is 10.4 Å². The Labute approximate surface area is 66.4 Å². The summed E-state index contributed by atoms with van der Waals surface area (Å²) < 4.78 is 0. The van der Waals surface area contributed by atoms with Crippen molar-refractivity contribution in [3.8, 4) is 0 Å². The number of aliphatic hydroxyl groups excluding tert-OH is 1. The van der Waals surface area contributed by atoms with E-state index in [1.165, 1.54) is 12.2 Å². The number of hydrogen-bond acceptors (Lipinski definition) is 2. The van der Waals surface area contributed by atoms with Gasteiger partial charge in [-0.05, 0) is 6.92 Å². The normalized spacial score (nSPS) is 10.0. The summed E-state index contributed by atoms with van der Waals surface area (Å²) in [6.45, 7) is 5.82. The van der Waals surface area contributed by atoms with Crippen LogP contribution in [-0.4, -0.2) is 24.2 Å². The Hall–Kier alpha value is -1.09. The summed E-state index contributed by atoms with van der Waals surface area (Å²) in [6.07, 6.45) is 2.68. The van der Waals surface area contributed by atoms with E-state index in [-0.39, 0.29) is 12.5 Å². The fourth-order valence-corrected chi connectivity index (χ4v) is 0.457. The van der Waals surface area contributed by atoms with Gasteiger partial charge in [0.15, 0.2) is 0 Å². The van der Waals surface area contributed by atoms with Gasteiger partial charge in [0.2, 0.25) is 5.91 Å². The van der Waals surface area contributed by atoms with Crippen molar-refractivity contribution in [2.75, 3.05) is 13.2 Å². The van der Waals surface area contributed by atoms with Crippen LogP contribution in [0.15, 0.2) is 24.3 Å². The molecule has 0 atom stereocenters. The first-order valence-electron chi connectivity index (χ1n) is 3.36. The van der Waals surface area contributed by atoms with Crippen molar-refractivity contribution in [3.05, 3.63) is 24.3 Å². The molecule has 0 spiro atoms. The molecule has 0 rings (SSSR count). The van der Waals surface area contributed by atoms with Crippen LogP contribution in [0.3, 0.4) is 0 Å². The van der Waals surface area contributed by atoms with Crippen LogP contribution in [0.25, 0.3) is 0 Å². The molecule has 0 fully saturated rings. The zero-order valence-electron chi connectivity index (χ0n) is 6.63. The van der Waals surface area contributed by atoms with Gasteiger partial charge in [-0.3, -0.25) is 4.79 Å². The lowest BCUT2D eigenvalue weighted by Crippen LogP contribution is -2.22. The van der Waals surface area contributed by atoms with E-state index in [0.717, 1.165) is 5.57 Å². The van der Waals surface area contributed by atoms with E-state index in [2.05, 4.69) is 11.9 Å². The second-order valence-electron chi connectivity index (χ2n) is 2.26. The number of carbonyl (C=O) groups excluding carboxylic acids is 1. The van der Waals surface area contributed by atoms with Crippen molar-refractivity contribution in [3.63, 3.8) is 0 Å². The van der Waals surface area contributed by atoms with Crippen LogP contribution in [0.2, 0.25) is 0 Å². The first-order chi connectivity index (χ1) is 5.16. The summed E-state index contributed by atoms with van der Waals surface area (Å²) in [5.41, 5.74) is 0.899. The molecule has 0 aromatic carbocycles. The summed E-state index contributed by atoms with van der Waals surface area (Å²) in [4.78, 5) is 10.8. The number of aliphatic hydroxyl groups is 1. The second-order valence-corrected chi connectivity index (χ2v) is 2.26. The lowest BCUT2D eigenvalue weighted by atomic mass is 10.3. The molecule has 11 heavy (non-hydrogen) atoms. The van der Waals surface area contributed by atoms with E-state index in [1.54, 1.807) is 0 Å². The van der Waals surface area contributed by atoms with E-state index < -0.39 is 0 Å². The van der Waals surface area contributed by atoms with Crippen molar-refractivity contribution in [1.29, 1.82) is 0 Å². The maximum absolute atomic E-state index is 10.8. The van der Waals surface area contributed by atoms with E-state index in [9.17, 15) is 4.79 Å². The van der Waals surface area contributed by atoms with E-state index in [1.807, 2.05) is 6.92 Å². The van der Waals surface area contributed by atoms with Gasteiger partial charge in [0.1, 0.15) is 0 Å². The lowest BCUT2D eigenvalue weighted by molar-refractivity contribution is -0.116. The van der Waals surface area contributed by atoms with E-state index >= 15 is 0 Å². The smallest absolute Gasteiger partial charge is 0.243 e. The van der Waals surface area contributed by atoms with E-state index in [4.69, 9.17) is 5.11 Å². The van der Waals surface area contributed by atoms with Crippen molar-refractivity contribution < 1.29 is 9.90 Å². The third-order valence-corrected chi connectivity index (χ3v) is 0.939. The average molecular weight is 155 g/mol. The Morgan fingerprint density at radius 3 is 2.82 bits per heavy atom. The summed E-state index contributed by atoms with van der Waals surface area (Å²) in [6, 6.07) is 0. The maximum Gasteiger partial charge on any atom is 0.243 e. The standard InChI is InChI=1S/C8H13NO2/c1-7(2)6-9-8(11)4-3-5-10/h3-4,10H,1,5-6H2,2H3,(H,9,11)/b4-3-. The summed E-state index contributed by atoms with van der Waals surface area (Å²) in [7, 11) is 0. The SMILES string of the molecule is C=C(C)CNC(=O)/C=C\CO. The highest BCUT2D eigenvalue weighted by Crippen LogP contribution is 1.81. The van der Waals surface area contributed by atoms with Gasteiger partial charge in [0, 0.05) is 12.6 Å². The Balaban J connectivity index is 3.53. The van der Waals surface area contributed by atoms with Crippen LogP contribution in [0.4, 0.5) is 0 Å². The molecule has 0 heterocycles. The van der Waals surface area contributed by atoms with Gasteiger partial charge in [-0.2, -0.15) is 0 Å². The zero-order valence-corrected chi connectivity index (χ0v) is 6.63. The molecule has 2 N–H and O–H groups in total. The molecular formula is C8H13NO2. The van der Waals surface area contributed by atoms with Crippen LogP contribution >= 0.6 is 0 Å². The van der Waals surface area contributed by atoms with Crippen LogP contribution in [-0.2, 0) is 4.79 Å². The Bertz CT molecular complexity index is 173. The quantitative estimate of drug-likeness (QED) is 0.451. The highest BCUT2D eigenvalue weighted by Gasteiger charge is 1.91. The monoisotopic (exact) mass is 155 g/mol. The number of nitrogens with one attached hydrogen (secondary N) is 1. The van der Waals surface area contributed by atoms with Crippen molar-refractivity contribution in [2.45, 2.75) is 6.92 Å². The number of rotatable bonds is 4.